The molecule has 1 aliphatic carbocycles. The zero-order chi connectivity index (χ0) is 14.8. The molecule has 3 rings (SSSR count). The maximum atomic E-state index is 12.1. The zero-order valence-corrected chi connectivity index (χ0v) is 11.7. The number of aromatic nitrogens is 2. The minimum atomic E-state index is -0.311. The van der Waals surface area contributed by atoms with Gasteiger partial charge in [-0.05, 0) is 38.3 Å². The summed E-state index contributed by atoms with van der Waals surface area (Å²) in [5.74, 6) is -0.146. The molecule has 108 valence electrons. The van der Waals surface area contributed by atoms with Gasteiger partial charge >= 0.3 is 0 Å². The number of hydrazone groups is 1. The summed E-state index contributed by atoms with van der Waals surface area (Å²) in [6.07, 6.45) is 2.88. The van der Waals surface area contributed by atoms with Gasteiger partial charge in [-0.2, -0.15) is 10.2 Å². The van der Waals surface area contributed by atoms with Crippen molar-refractivity contribution in [3.63, 3.8) is 0 Å². The van der Waals surface area contributed by atoms with Crippen LogP contribution in [-0.4, -0.2) is 26.9 Å². The Bertz CT molecular complexity index is 718. The van der Waals surface area contributed by atoms with Crippen molar-refractivity contribution >= 4 is 11.6 Å². The fourth-order valence-corrected chi connectivity index (χ4v) is 2.49. The third kappa shape index (κ3) is 2.65. The van der Waals surface area contributed by atoms with Crippen molar-refractivity contribution in [2.45, 2.75) is 26.2 Å². The van der Waals surface area contributed by atoms with Crippen molar-refractivity contribution in [2.75, 3.05) is 0 Å². The molecular weight excluding hydrogens is 268 g/mol. The Balaban J connectivity index is 1.74. The molecule has 0 spiro atoms. The molecule has 1 aliphatic rings. The van der Waals surface area contributed by atoms with E-state index >= 15 is 0 Å². The molecule has 21 heavy (non-hydrogen) atoms. The van der Waals surface area contributed by atoms with Crippen molar-refractivity contribution < 1.29 is 9.90 Å². The Morgan fingerprint density at radius 3 is 3.10 bits per heavy atom. The number of amides is 1. The van der Waals surface area contributed by atoms with Crippen molar-refractivity contribution in [1.82, 2.24) is 15.6 Å². The Morgan fingerprint density at radius 1 is 1.43 bits per heavy atom. The monoisotopic (exact) mass is 284 g/mol. The molecule has 6 nitrogen and oxygen atoms in total. The van der Waals surface area contributed by atoms with E-state index in [4.69, 9.17) is 0 Å². The number of H-pyrrole nitrogens is 1. The fraction of sp³-hybridized carbons (Fsp3) is 0.267. The first kappa shape index (κ1) is 13.4. The van der Waals surface area contributed by atoms with Crippen LogP contribution in [0.15, 0.2) is 29.4 Å². The van der Waals surface area contributed by atoms with Crippen molar-refractivity contribution in [1.29, 1.82) is 0 Å². The van der Waals surface area contributed by atoms with Crippen LogP contribution in [0.25, 0.3) is 0 Å². The van der Waals surface area contributed by atoms with E-state index in [1.807, 2.05) is 6.07 Å². The standard InChI is InChI=1S/C15H16N4O2/c1-9(10-4-2-5-11(20)8-10)16-19-15(21)14-12-6-3-7-13(12)17-18-14/h2,4-5,8,20H,3,6-7H2,1H3,(H,17,18)(H,19,21)/b16-9-. The first-order valence-electron chi connectivity index (χ1n) is 6.85. The van der Waals surface area contributed by atoms with Gasteiger partial charge in [-0.15, -0.1) is 0 Å². The van der Waals surface area contributed by atoms with Crippen LogP contribution in [0.4, 0.5) is 0 Å². The lowest BCUT2D eigenvalue weighted by Gasteiger charge is -2.03. The number of aryl methyl sites for hydroxylation is 1. The summed E-state index contributed by atoms with van der Waals surface area (Å²) in [4.78, 5) is 12.1. The molecule has 1 aromatic carbocycles. The van der Waals surface area contributed by atoms with Crippen molar-refractivity contribution in [2.24, 2.45) is 5.10 Å². The van der Waals surface area contributed by atoms with Crippen LogP contribution in [0.1, 0.15) is 40.7 Å². The molecule has 0 bridgehead atoms. The second-order valence-electron chi connectivity index (χ2n) is 5.07. The van der Waals surface area contributed by atoms with E-state index in [-0.39, 0.29) is 11.7 Å². The molecule has 0 saturated carbocycles. The number of hydrogen-bond donors (Lipinski definition) is 3. The maximum absolute atomic E-state index is 12.1. The van der Waals surface area contributed by atoms with E-state index in [1.54, 1.807) is 25.1 Å². The predicted molar refractivity (Wildman–Crippen MR) is 78.4 cm³/mol. The van der Waals surface area contributed by atoms with Crippen LogP contribution in [0.2, 0.25) is 0 Å². The summed E-state index contributed by atoms with van der Waals surface area (Å²) in [6.45, 7) is 1.77. The number of nitrogens with zero attached hydrogens (tertiary/aromatic N) is 2. The smallest absolute Gasteiger partial charge is 0.292 e. The summed E-state index contributed by atoms with van der Waals surface area (Å²) in [7, 11) is 0. The molecule has 2 aromatic rings. The molecule has 0 saturated heterocycles. The van der Waals surface area contributed by atoms with Crippen LogP contribution in [0.5, 0.6) is 5.75 Å². The Morgan fingerprint density at radius 2 is 2.29 bits per heavy atom. The molecule has 0 radical (unpaired) electrons. The number of carbonyl (C=O) groups is 1. The van der Waals surface area contributed by atoms with Gasteiger partial charge in [0.25, 0.3) is 5.91 Å². The van der Waals surface area contributed by atoms with Gasteiger partial charge in [0.2, 0.25) is 0 Å². The lowest BCUT2D eigenvalue weighted by Crippen LogP contribution is -2.21. The number of aromatic hydroxyl groups is 1. The number of hydrogen-bond acceptors (Lipinski definition) is 4. The second-order valence-corrected chi connectivity index (χ2v) is 5.07. The number of phenols is 1. The minimum Gasteiger partial charge on any atom is -0.508 e. The molecular formula is C15H16N4O2. The van der Waals surface area contributed by atoms with Gasteiger partial charge in [0.05, 0.1) is 5.71 Å². The number of nitrogens with one attached hydrogen (secondary N) is 2. The molecule has 0 atom stereocenters. The van der Waals surface area contributed by atoms with Gasteiger partial charge in [0, 0.05) is 16.8 Å². The van der Waals surface area contributed by atoms with E-state index in [2.05, 4.69) is 20.7 Å². The number of benzene rings is 1. The van der Waals surface area contributed by atoms with Gasteiger partial charge in [-0.25, -0.2) is 5.43 Å². The van der Waals surface area contributed by atoms with E-state index in [0.717, 1.165) is 36.1 Å². The normalized spacial score (nSPS) is 14.0. The molecule has 1 amide bonds. The van der Waals surface area contributed by atoms with Crippen LogP contribution in [0.3, 0.4) is 0 Å². The van der Waals surface area contributed by atoms with Crippen LogP contribution >= 0.6 is 0 Å². The highest BCUT2D eigenvalue weighted by atomic mass is 16.3. The number of phenolic OH excluding ortho intramolecular Hbond substituents is 1. The number of fused-ring (bicyclic) bond motifs is 1. The van der Waals surface area contributed by atoms with Crippen molar-refractivity contribution in [3.8, 4) is 5.75 Å². The average molecular weight is 284 g/mol. The summed E-state index contributed by atoms with van der Waals surface area (Å²) in [5.41, 5.74) is 6.36. The average Bonchev–Trinajstić information content (AvgIpc) is 3.07. The van der Waals surface area contributed by atoms with Gasteiger partial charge in [-0.1, -0.05) is 12.1 Å². The lowest BCUT2D eigenvalue weighted by molar-refractivity contribution is 0.0949. The van der Waals surface area contributed by atoms with Gasteiger partial charge in [0.1, 0.15) is 5.75 Å². The topological polar surface area (TPSA) is 90.4 Å². The van der Waals surface area contributed by atoms with Crippen LogP contribution < -0.4 is 5.43 Å². The van der Waals surface area contributed by atoms with E-state index < -0.39 is 0 Å². The largest absolute Gasteiger partial charge is 0.508 e. The maximum Gasteiger partial charge on any atom is 0.292 e. The lowest BCUT2D eigenvalue weighted by atomic mass is 10.1. The molecule has 1 aromatic heterocycles. The fourth-order valence-electron chi connectivity index (χ4n) is 2.49. The summed E-state index contributed by atoms with van der Waals surface area (Å²) in [6, 6.07) is 6.72. The van der Waals surface area contributed by atoms with Gasteiger partial charge < -0.3 is 5.11 Å². The Kier molecular flexibility index (Phi) is 3.43. The SMILES string of the molecule is C/C(=N/NC(=O)c1n[nH]c2c1CCC2)c1cccc(O)c1. The summed E-state index contributed by atoms with van der Waals surface area (Å²) < 4.78 is 0. The zero-order valence-electron chi connectivity index (χ0n) is 11.7. The number of carbonyl (C=O) groups excluding carboxylic acids is 1. The molecule has 3 N–H and O–H groups in total. The van der Waals surface area contributed by atoms with E-state index in [1.165, 1.54) is 0 Å². The Labute approximate surface area is 121 Å². The minimum absolute atomic E-state index is 0.165. The molecule has 0 unspecified atom stereocenters. The predicted octanol–water partition coefficient (Wildman–Crippen LogP) is 1.76. The Hall–Kier alpha value is -2.63. The summed E-state index contributed by atoms with van der Waals surface area (Å²) in [5, 5.41) is 20.5. The number of aromatic amines is 1. The third-order valence-corrected chi connectivity index (χ3v) is 3.61. The highest BCUT2D eigenvalue weighted by molar-refractivity contribution is 6.01. The van der Waals surface area contributed by atoms with Crippen molar-refractivity contribution in [3.05, 3.63) is 46.8 Å². The first-order chi connectivity index (χ1) is 10.1. The molecule has 0 aliphatic heterocycles. The van der Waals surface area contributed by atoms with Gasteiger partial charge in [-0.3, -0.25) is 9.89 Å². The van der Waals surface area contributed by atoms with Crippen LogP contribution in [0, 0.1) is 0 Å². The van der Waals surface area contributed by atoms with E-state index in [9.17, 15) is 9.90 Å². The second kappa shape index (κ2) is 5.40. The molecule has 6 heteroatoms. The highest BCUT2D eigenvalue weighted by Crippen LogP contribution is 2.22. The number of rotatable bonds is 3. The van der Waals surface area contributed by atoms with Crippen LogP contribution in [-0.2, 0) is 12.8 Å². The van der Waals surface area contributed by atoms with E-state index in [0.29, 0.717) is 11.4 Å². The molecule has 0 fully saturated rings. The molecule has 1 heterocycles. The van der Waals surface area contributed by atoms with Gasteiger partial charge in [0.15, 0.2) is 5.69 Å². The quantitative estimate of drug-likeness (QED) is 0.592. The summed E-state index contributed by atoms with van der Waals surface area (Å²) >= 11 is 0. The first-order valence-corrected chi connectivity index (χ1v) is 6.85. The highest BCUT2D eigenvalue weighted by Gasteiger charge is 2.22. The third-order valence-electron chi connectivity index (χ3n) is 3.61.